The fourth-order valence-electron chi connectivity index (χ4n) is 6.53. The lowest BCUT2D eigenvalue weighted by molar-refractivity contribution is -0.163. The summed E-state index contributed by atoms with van der Waals surface area (Å²) < 4.78 is 17.3. The number of esters is 2. The summed E-state index contributed by atoms with van der Waals surface area (Å²) in [6.07, 6.45) is 71.0. The predicted molar refractivity (Wildman–Crippen MR) is 269 cm³/mol. The summed E-state index contributed by atoms with van der Waals surface area (Å²) in [5.41, 5.74) is 0. The standard InChI is InChI=1S/C57H94O5/c1-4-7-10-13-16-19-22-24-26-27-28-29-30-32-34-37-40-43-46-49-52-60-53-55(62-57(59)51-48-45-42-39-35-21-18-15-12-9-6-3)54-61-56(58)50-47-44-41-38-36-33-31-25-23-20-17-14-11-8-5-2/h7-8,10-11,15-20,24-26,28-29,31,36,38,55H,4-6,9,12-14,21-23,27,30,32-35,37,39-54H2,1-3H3/b10-7-,11-8-,18-15-,19-16-,20-17-,26-24-,29-28-,31-25-,38-36-. The van der Waals surface area contributed by atoms with Crippen LogP contribution in [0.15, 0.2) is 109 Å². The zero-order chi connectivity index (χ0) is 44.9. The Morgan fingerprint density at radius 3 is 1.21 bits per heavy atom. The van der Waals surface area contributed by atoms with Gasteiger partial charge >= 0.3 is 11.9 Å². The molecule has 0 amide bonds. The number of unbranched alkanes of at least 4 members (excludes halogenated alkanes) is 16. The van der Waals surface area contributed by atoms with Gasteiger partial charge in [-0.15, -0.1) is 0 Å². The molecule has 0 aromatic rings. The molecule has 0 fully saturated rings. The van der Waals surface area contributed by atoms with Crippen LogP contribution in [0.3, 0.4) is 0 Å². The normalized spacial score (nSPS) is 13.1. The van der Waals surface area contributed by atoms with Crippen molar-refractivity contribution in [3.63, 3.8) is 0 Å². The predicted octanol–water partition coefficient (Wildman–Crippen LogP) is 17.2. The maximum absolute atomic E-state index is 12.8. The van der Waals surface area contributed by atoms with E-state index in [0.29, 0.717) is 19.4 Å². The third-order valence-corrected chi connectivity index (χ3v) is 10.3. The van der Waals surface area contributed by atoms with Crippen LogP contribution in [0.4, 0.5) is 0 Å². The number of carbonyl (C=O) groups is 2. The van der Waals surface area contributed by atoms with Crippen molar-refractivity contribution in [3.05, 3.63) is 109 Å². The Labute approximate surface area is 383 Å². The van der Waals surface area contributed by atoms with Crippen LogP contribution in [-0.2, 0) is 23.8 Å². The second-order valence-electron chi connectivity index (χ2n) is 16.3. The molecule has 0 aliphatic rings. The number of hydrogen-bond acceptors (Lipinski definition) is 5. The van der Waals surface area contributed by atoms with Gasteiger partial charge in [0.1, 0.15) is 6.61 Å². The molecule has 0 aromatic heterocycles. The van der Waals surface area contributed by atoms with E-state index in [4.69, 9.17) is 14.2 Å². The molecule has 5 heteroatoms. The van der Waals surface area contributed by atoms with Crippen molar-refractivity contribution in [2.24, 2.45) is 0 Å². The van der Waals surface area contributed by atoms with Crippen LogP contribution in [0.5, 0.6) is 0 Å². The van der Waals surface area contributed by atoms with E-state index in [1.165, 1.54) is 64.2 Å². The van der Waals surface area contributed by atoms with E-state index in [1.54, 1.807) is 0 Å². The molecular weight excluding hydrogens is 765 g/mol. The summed E-state index contributed by atoms with van der Waals surface area (Å²) >= 11 is 0. The van der Waals surface area contributed by atoms with Gasteiger partial charge in [0.25, 0.3) is 0 Å². The van der Waals surface area contributed by atoms with Crippen molar-refractivity contribution in [2.75, 3.05) is 19.8 Å². The maximum Gasteiger partial charge on any atom is 0.306 e. The van der Waals surface area contributed by atoms with Crippen molar-refractivity contribution in [1.29, 1.82) is 0 Å². The molecule has 0 N–H and O–H groups in total. The summed E-state index contributed by atoms with van der Waals surface area (Å²) in [4.78, 5) is 25.3. The Hall–Kier alpha value is -3.44. The molecular formula is C57H94O5. The van der Waals surface area contributed by atoms with E-state index in [0.717, 1.165) is 116 Å². The summed E-state index contributed by atoms with van der Waals surface area (Å²) in [6.45, 7) is 7.47. The van der Waals surface area contributed by atoms with Gasteiger partial charge in [-0.1, -0.05) is 194 Å². The first-order chi connectivity index (χ1) is 30.6. The summed E-state index contributed by atoms with van der Waals surface area (Å²) in [6, 6.07) is 0. The highest BCUT2D eigenvalue weighted by molar-refractivity contribution is 5.70. The van der Waals surface area contributed by atoms with E-state index >= 15 is 0 Å². The second kappa shape index (κ2) is 51.9. The highest BCUT2D eigenvalue weighted by Crippen LogP contribution is 2.12. The topological polar surface area (TPSA) is 61.8 Å². The van der Waals surface area contributed by atoms with Crippen LogP contribution in [0.25, 0.3) is 0 Å². The van der Waals surface area contributed by atoms with Crippen LogP contribution < -0.4 is 0 Å². The zero-order valence-electron chi connectivity index (χ0n) is 40.3. The Kier molecular flexibility index (Phi) is 49.0. The Bertz CT molecular complexity index is 1250. The van der Waals surface area contributed by atoms with Crippen molar-refractivity contribution in [1.82, 2.24) is 0 Å². The smallest absolute Gasteiger partial charge is 0.306 e. The number of allylic oxidation sites excluding steroid dienone is 18. The summed E-state index contributed by atoms with van der Waals surface area (Å²) in [5, 5.41) is 0. The molecule has 352 valence electrons. The molecule has 5 nitrogen and oxygen atoms in total. The van der Waals surface area contributed by atoms with Gasteiger partial charge in [-0.05, 0) is 116 Å². The highest BCUT2D eigenvalue weighted by atomic mass is 16.6. The Balaban J connectivity index is 4.33. The summed E-state index contributed by atoms with van der Waals surface area (Å²) in [5.74, 6) is -0.469. The van der Waals surface area contributed by atoms with Crippen molar-refractivity contribution < 1.29 is 23.8 Å². The number of ether oxygens (including phenoxy) is 3. The van der Waals surface area contributed by atoms with E-state index in [2.05, 4.69) is 130 Å². The van der Waals surface area contributed by atoms with Crippen molar-refractivity contribution >= 4 is 11.9 Å². The minimum Gasteiger partial charge on any atom is -0.462 e. The Morgan fingerprint density at radius 2 is 0.726 bits per heavy atom. The fraction of sp³-hybridized carbons (Fsp3) is 0.649. The van der Waals surface area contributed by atoms with Gasteiger partial charge in [-0.3, -0.25) is 9.59 Å². The minimum absolute atomic E-state index is 0.0497. The van der Waals surface area contributed by atoms with Crippen LogP contribution in [-0.4, -0.2) is 37.9 Å². The Morgan fingerprint density at radius 1 is 0.371 bits per heavy atom. The van der Waals surface area contributed by atoms with Crippen LogP contribution in [0.2, 0.25) is 0 Å². The third-order valence-electron chi connectivity index (χ3n) is 10.3. The lowest BCUT2D eigenvalue weighted by Crippen LogP contribution is -2.30. The van der Waals surface area contributed by atoms with E-state index in [1.807, 2.05) is 0 Å². The largest absolute Gasteiger partial charge is 0.462 e. The molecule has 62 heavy (non-hydrogen) atoms. The molecule has 0 aromatic carbocycles. The number of rotatable bonds is 45. The van der Waals surface area contributed by atoms with Crippen LogP contribution in [0, 0.1) is 0 Å². The highest BCUT2D eigenvalue weighted by Gasteiger charge is 2.17. The first-order valence-electron chi connectivity index (χ1n) is 25.4. The number of carbonyl (C=O) groups excluding carboxylic acids is 2. The van der Waals surface area contributed by atoms with Crippen LogP contribution in [0.1, 0.15) is 213 Å². The number of hydrogen-bond donors (Lipinski definition) is 0. The van der Waals surface area contributed by atoms with Gasteiger partial charge in [0.05, 0.1) is 6.61 Å². The van der Waals surface area contributed by atoms with Gasteiger partial charge in [0.2, 0.25) is 0 Å². The van der Waals surface area contributed by atoms with E-state index in [9.17, 15) is 9.59 Å². The molecule has 0 aliphatic carbocycles. The molecule has 0 saturated carbocycles. The average molecular weight is 859 g/mol. The van der Waals surface area contributed by atoms with Gasteiger partial charge in [-0.2, -0.15) is 0 Å². The molecule has 0 spiro atoms. The van der Waals surface area contributed by atoms with Crippen molar-refractivity contribution in [2.45, 2.75) is 219 Å². The third kappa shape index (κ3) is 49.2. The van der Waals surface area contributed by atoms with E-state index < -0.39 is 6.10 Å². The average Bonchev–Trinajstić information content (AvgIpc) is 3.27. The molecule has 0 saturated heterocycles. The van der Waals surface area contributed by atoms with Gasteiger partial charge in [0.15, 0.2) is 6.10 Å². The van der Waals surface area contributed by atoms with E-state index in [-0.39, 0.29) is 25.2 Å². The minimum atomic E-state index is -0.569. The second-order valence-corrected chi connectivity index (χ2v) is 16.3. The van der Waals surface area contributed by atoms with Gasteiger partial charge in [0, 0.05) is 19.4 Å². The first-order valence-corrected chi connectivity index (χ1v) is 25.4. The fourth-order valence-corrected chi connectivity index (χ4v) is 6.53. The maximum atomic E-state index is 12.8. The first kappa shape index (κ1) is 58.6. The monoisotopic (exact) mass is 859 g/mol. The summed E-state index contributed by atoms with van der Waals surface area (Å²) in [7, 11) is 0. The van der Waals surface area contributed by atoms with Gasteiger partial charge in [-0.25, -0.2) is 0 Å². The lowest BCUT2D eigenvalue weighted by atomic mass is 10.1. The zero-order valence-corrected chi connectivity index (χ0v) is 40.3. The SMILES string of the molecule is CC/C=C\C/C=C\C/C=C\C/C=C\CCCCCCCCCOCC(COC(=O)CCCC/C=C\C/C=C\C/C=C\C/C=C\CC)OC(=O)CCCCCCC/C=C\CCCC. The molecule has 0 bridgehead atoms. The molecule has 0 rings (SSSR count). The molecule has 1 unspecified atom stereocenters. The quantitative estimate of drug-likeness (QED) is 0.0347. The van der Waals surface area contributed by atoms with Gasteiger partial charge < -0.3 is 14.2 Å². The van der Waals surface area contributed by atoms with Crippen molar-refractivity contribution in [3.8, 4) is 0 Å². The molecule has 1 atom stereocenters. The molecule has 0 heterocycles. The lowest BCUT2D eigenvalue weighted by Gasteiger charge is -2.18. The van der Waals surface area contributed by atoms with Crippen LogP contribution >= 0.6 is 0 Å². The molecule has 0 radical (unpaired) electrons. The molecule has 0 aliphatic heterocycles.